The minimum absolute atomic E-state index is 0.0444. The van der Waals surface area contributed by atoms with Gasteiger partial charge in [-0.25, -0.2) is 4.98 Å². The summed E-state index contributed by atoms with van der Waals surface area (Å²) in [6.07, 6.45) is 0.761. The third-order valence-electron chi connectivity index (χ3n) is 2.55. The molecule has 104 valence electrons. The minimum atomic E-state index is -1.16. The summed E-state index contributed by atoms with van der Waals surface area (Å²) < 4.78 is 13.4. The summed E-state index contributed by atoms with van der Waals surface area (Å²) in [5.41, 5.74) is 0.809. The van der Waals surface area contributed by atoms with Crippen LogP contribution < -0.4 is 0 Å². The molecule has 0 fully saturated rings. The molecule has 0 aliphatic heterocycles. The van der Waals surface area contributed by atoms with Crippen molar-refractivity contribution in [3.63, 3.8) is 0 Å². The molecule has 20 heavy (non-hydrogen) atoms. The van der Waals surface area contributed by atoms with Crippen LogP contribution in [-0.4, -0.2) is 16.1 Å². The van der Waals surface area contributed by atoms with Crippen LogP contribution >= 0.6 is 34.8 Å². The molecule has 0 bridgehead atoms. The van der Waals surface area contributed by atoms with Crippen LogP contribution in [0.4, 0.5) is 4.39 Å². The first-order chi connectivity index (χ1) is 9.38. The van der Waals surface area contributed by atoms with Crippen LogP contribution in [0.15, 0.2) is 24.4 Å². The lowest BCUT2D eigenvalue weighted by Gasteiger charge is -2.09. The number of benzene rings is 1. The van der Waals surface area contributed by atoms with Gasteiger partial charge in [0.05, 0.1) is 16.5 Å². The highest BCUT2D eigenvalue weighted by molar-refractivity contribution is 6.41. The SMILES string of the molecule is O=C(O)Cc1cc(-c2c(Cl)cc(Cl)cc2Cl)cnc1F. The monoisotopic (exact) mass is 333 g/mol. The smallest absolute Gasteiger partial charge is 0.307 e. The lowest BCUT2D eigenvalue weighted by atomic mass is 10.0. The van der Waals surface area contributed by atoms with Crippen LogP contribution in [0, 0.1) is 5.95 Å². The van der Waals surface area contributed by atoms with Crippen molar-refractivity contribution in [1.82, 2.24) is 4.98 Å². The highest BCUT2D eigenvalue weighted by Crippen LogP contribution is 2.37. The molecule has 0 atom stereocenters. The number of halogens is 4. The van der Waals surface area contributed by atoms with Crippen molar-refractivity contribution in [1.29, 1.82) is 0 Å². The highest BCUT2D eigenvalue weighted by atomic mass is 35.5. The van der Waals surface area contributed by atoms with Crippen molar-refractivity contribution >= 4 is 40.8 Å². The molecule has 2 rings (SSSR count). The molecule has 3 nitrogen and oxygen atoms in total. The van der Waals surface area contributed by atoms with Crippen molar-refractivity contribution in [2.24, 2.45) is 0 Å². The fourth-order valence-electron chi connectivity index (χ4n) is 1.74. The van der Waals surface area contributed by atoms with Gasteiger partial charge in [-0.15, -0.1) is 0 Å². The predicted molar refractivity (Wildman–Crippen MR) is 76.0 cm³/mol. The summed E-state index contributed by atoms with van der Waals surface area (Å²) in [5, 5.41) is 9.65. The molecular weight excluding hydrogens is 328 g/mol. The predicted octanol–water partition coefficient (Wildman–Crippen LogP) is 4.48. The summed E-state index contributed by atoms with van der Waals surface area (Å²) in [6.45, 7) is 0. The summed E-state index contributed by atoms with van der Waals surface area (Å²) in [5.74, 6) is -1.99. The first-order valence-corrected chi connectivity index (χ1v) is 6.53. The van der Waals surface area contributed by atoms with Crippen LogP contribution in [0.5, 0.6) is 0 Å². The summed E-state index contributed by atoms with van der Waals surface area (Å²) in [7, 11) is 0. The van der Waals surface area contributed by atoms with Crippen LogP contribution in [0.3, 0.4) is 0 Å². The zero-order valence-corrected chi connectivity index (χ0v) is 12.1. The lowest BCUT2D eigenvalue weighted by Crippen LogP contribution is -2.04. The average molecular weight is 335 g/mol. The molecule has 0 aliphatic carbocycles. The van der Waals surface area contributed by atoms with E-state index in [0.29, 0.717) is 16.1 Å². The molecule has 1 heterocycles. The molecule has 2 aromatic rings. The first-order valence-electron chi connectivity index (χ1n) is 5.39. The van der Waals surface area contributed by atoms with Gasteiger partial charge in [0.15, 0.2) is 0 Å². The Labute approximate surface area is 128 Å². The lowest BCUT2D eigenvalue weighted by molar-refractivity contribution is -0.136. The topological polar surface area (TPSA) is 50.2 Å². The van der Waals surface area contributed by atoms with Gasteiger partial charge < -0.3 is 5.11 Å². The molecule has 0 aliphatic rings. The molecule has 0 unspecified atom stereocenters. The van der Waals surface area contributed by atoms with Crippen molar-refractivity contribution in [2.45, 2.75) is 6.42 Å². The number of aromatic nitrogens is 1. The largest absolute Gasteiger partial charge is 0.481 e. The van der Waals surface area contributed by atoms with E-state index in [-0.39, 0.29) is 15.6 Å². The standard InChI is InChI=1S/C13H7Cl3FNO2/c14-8-3-9(15)12(10(16)4-8)7-1-6(2-11(19)20)13(17)18-5-7/h1,3-5H,2H2,(H,19,20). The van der Waals surface area contributed by atoms with Crippen molar-refractivity contribution in [3.05, 3.63) is 51.0 Å². The van der Waals surface area contributed by atoms with E-state index in [1.807, 2.05) is 0 Å². The third-order valence-corrected chi connectivity index (χ3v) is 3.36. The number of carboxylic acids is 1. The van der Waals surface area contributed by atoms with Gasteiger partial charge >= 0.3 is 5.97 Å². The number of pyridine rings is 1. The number of carbonyl (C=O) groups is 1. The number of rotatable bonds is 3. The molecule has 0 radical (unpaired) electrons. The Morgan fingerprint density at radius 2 is 1.80 bits per heavy atom. The Morgan fingerprint density at radius 3 is 2.35 bits per heavy atom. The van der Waals surface area contributed by atoms with E-state index in [0.717, 1.165) is 0 Å². The fraction of sp³-hybridized carbons (Fsp3) is 0.0769. The molecule has 7 heteroatoms. The number of aliphatic carboxylic acids is 1. The maximum Gasteiger partial charge on any atom is 0.307 e. The number of hydrogen-bond donors (Lipinski definition) is 1. The Hall–Kier alpha value is -1.36. The van der Waals surface area contributed by atoms with E-state index in [9.17, 15) is 9.18 Å². The second kappa shape index (κ2) is 5.95. The van der Waals surface area contributed by atoms with Gasteiger partial charge in [0.25, 0.3) is 0 Å². The van der Waals surface area contributed by atoms with Crippen molar-refractivity contribution in [2.75, 3.05) is 0 Å². The molecular formula is C13H7Cl3FNO2. The summed E-state index contributed by atoms with van der Waals surface area (Å²) in [6, 6.07) is 4.34. The van der Waals surface area contributed by atoms with Gasteiger partial charge in [0, 0.05) is 27.9 Å². The second-order valence-corrected chi connectivity index (χ2v) is 5.24. The molecule has 1 N–H and O–H groups in total. The maximum absolute atomic E-state index is 13.4. The normalized spacial score (nSPS) is 10.6. The zero-order valence-electron chi connectivity index (χ0n) is 9.83. The molecule has 0 saturated carbocycles. The highest BCUT2D eigenvalue weighted by Gasteiger charge is 2.14. The Balaban J connectivity index is 2.56. The van der Waals surface area contributed by atoms with Gasteiger partial charge in [0.1, 0.15) is 0 Å². The van der Waals surface area contributed by atoms with Crippen LogP contribution in [-0.2, 0) is 11.2 Å². The molecule has 0 amide bonds. The Bertz CT molecular complexity index is 668. The number of nitrogens with zero attached hydrogens (tertiary/aromatic N) is 1. The van der Waals surface area contributed by atoms with E-state index in [2.05, 4.69) is 4.98 Å². The van der Waals surface area contributed by atoms with Gasteiger partial charge in [-0.2, -0.15) is 4.39 Å². The quantitative estimate of drug-likeness (QED) is 0.842. The summed E-state index contributed by atoms with van der Waals surface area (Å²) >= 11 is 17.9. The fourth-order valence-corrected chi connectivity index (χ4v) is 2.77. The van der Waals surface area contributed by atoms with Crippen molar-refractivity contribution in [3.8, 4) is 11.1 Å². The Kier molecular flexibility index (Phi) is 4.48. The molecule has 1 aromatic carbocycles. The van der Waals surface area contributed by atoms with Crippen molar-refractivity contribution < 1.29 is 14.3 Å². The molecule has 0 saturated heterocycles. The van der Waals surface area contributed by atoms with Gasteiger partial charge in [-0.3, -0.25) is 4.79 Å². The second-order valence-electron chi connectivity index (χ2n) is 3.99. The van der Waals surface area contributed by atoms with Crippen LogP contribution in [0.2, 0.25) is 15.1 Å². The van der Waals surface area contributed by atoms with Crippen LogP contribution in [0.1, 0.15) is 5.56 Å². The van der Waals surface area contributed by atoms with E-state index in [1.165, 1.54) is 24.4 Å². The maximum atomic E-state index is 13.4. The Morgan fingerprint density at radius 1 is 1.20 bits per heavy atom. The van der Waals surface area contributed by atoms with E-state index in [4.69, 9.17) is 39.9 Å². The molecule has 1 aromatic heterocycles. The number of hydrogen-bond acceptors (Lipinski definition) is 2. The van der Waals surface area contributed by atoms with Crippen LogP contribution in [0.25, 0.3) is 11.1 Å². The average Bonchev–Trinajstić information content (AvgIpc) is 2.31. The zero-order chi connectivity index (χ0) is 14.9. The van der Waals surface area contributed by atoms with E-state index >= 15 is 0 Å². The van der Waals surface area contributed by atoms with Gasteiger partial charge in [0.2, 0.25) is 5.95 Å². The number of carboxylic acid groups (broad SMARTS) is 1. The minimum Gasteiger partial charge on any atom is -0.481 e. The van der Waals surface area contributed by atoms with E-state index < -0.39 is 18.3 Å². The van der Waals surface area contributed by atoms with Gasteiger partial charge in [-0.05, 0) is 18.2 Å². The first kappa shape index (κ1) is 15.0. The van der Waals surface area contributed by atoms with Gasteiger partial charge in [-0.1, -0.05) is 34.8 Å². The summed E-state index contributed by atoms with van der Waals surface area (Å²) in [4.78, 5) is 14.2. The molecule has 0 spiro atoms. The van der Waals surface area contributed by atoms with E-state index in [1.54, 1.807) is 0 Å². The third kappa shape index (κ3) is 3.20.